The maximum atomic E-state index is 13.1. The van der Waals surface area contributed by atoms with Crippen LogP contribution in [0.15, 0.2) is 122 Å². The van der Waals surface area contributed by atoms with Gasteiger partial charge in [0.2, 0.25) is 11.5 Å². The molecule has 17 nitrogen and oxygen atoms in total. The zero-order valence-electron chi connectivity index (χ0n) is 44.6. The zero-order chi connectivity index (χ0) is 54.7. The van der Waals surface area contributed by atoms with Gasteiger partial charge in [-0.2, -0.15) is 5.21 Å². The molecule has 0 aliphatic rings. The van der Waals surface area contributed by atoms with Gasteiger partial charge < -0.3 is 20.1 Å². The summed E-state index contributed by atoms with van der Waals surface area (Å²) in [5.41, 5.74) is 6.07. The third kappa shape index (κ3) is 16.5. The van der Waals surface area contributed by atoms with Gasteiger partial charge in [0.1, 0.15) is 23.3 Å². The molecule has 0 aliphatic heterocycles. The minimum atomic E-state index is -0.865. The predicted octanol–water partition coefficient (Wildman–Crippen LogP) is 9.98. The number of ether oxygens (including phenoxy) is 2. The molecular weight excluding hydrogens is 947 g/mol. The smallest absolute Gasteiger partial charge is 0.329 e. The molecule has 2 atom stereocenters. The van der Waals surface area contributed by atoms with Crippen LogP contribution in [0.2, 0.25) is 0 Å². The van der Waals surface area contributed by atoms with Crippen LogP contribution in [0.4, 0.5) is 5.69 Å². The number of H-pyrrole nitrogens is 1. The summed E-state index contributed by atoms with van der Waals surface area (Å²) >= 11 is 0. The van der Waals surface area contributed by atoms with Crippen LogP contribution in [-0.4, -0.2) is 87.6 Å². The summed E-state index contributed by atoms with van der Waals surface area (Å²) in [6.45, 7) is 30.5. The Balaban J connectivity index is 0.000000245. The Kier molecular flexibility index (Phi) is 17.5. The van der Waals surface area contributed by atoms with Crippen molar-refractivity contribution in [2.24, 2.45) is 0 Å². The SMILES string of the molecule is CC(C)(C)OC(=O)[C@H](Cc1ccc(-c2ncc(-c3nn[nH]n3)cn2)cc1)NC(=O)c1ccc(C(C)(C)C)cc1.[C-]#[N+]c1cnc(-c2ccc(C[C@H](NC(=O)c3ccc(C(C)(C)C)cc3)C(=O)OC(C)(C)C)cc2)nc1. The summed E-state index contributed by atoms with van der Waals surface area (Å²) in [5, 5.41) is 19.5. The molecule has 0 fully saturated rings. The van der Waals surface area contributed by atoms with Gasteiger partial charge in [-0.05, 0) is 104 Å². The molecule has 7 rings (SSSR count). The summed E-state index contributed by atoms with van der Waals surface area (Å²) in [6, 6.07) is 28.1. The van der Waals surface area contributed by atoms with Crippen molar-refractivity contribution in [1.29, 1.82) is 0 Å². The van der Waals surface area contributed by atoms with Gasteiger partial charge in [0.05, 0.1) is 12.1 Å². The van der Waals surface area contributed by atoms with E-state index in [1.54, 1.807) is 78.2 Å². The Morgan fingerprint density at radius 3 is 1.21 bits per heavy atom. The van der Waals surface area contributed by atoms with Crippen molar-refractivity contribution in [2.75, 3.05) is 0 Å². The van der Waals surface area contributed by atoms with Crippen molar-refractivity contribution in [1.82, 2.24) is 51.2 Å². The van der Waals surface area contributed by atoms with E-state index in [4.69, 9.17) is 16.0 Å². The van der Waals surface area contributed by atoms with Gasteiger partial charge in [0, 0.05) is 59.9 Å². The van der Waals surface area contributed by atoms with E-state index < -0.39 is 35.2 Å². The summed E-state index contributed by atoms with van der Waals surface area (Å²) in [4.78, 5) is 72.7. The largest absolute Gasteiger partial charge is 0.458 e. The molecule has 0 radical (unpaired) electrons. The van der Waals surface area contributed by atoms with Crippen LogP contribution in [0.5, 0.6) is 0 Å². The fourth-order valence-corrected chi connectivity index (χ4v) is 7.31. The lowest BCUT2D eigenvalue weighted by atomic mass is 9.86. The van der Waals surface area contributed by atoms with Crippen molar-refractivity contribution in [3.63, 3.8) is 0 Å². The zero-order valence-corrected chi connectivity index (χ0v) is 44.6. The van der Waals surface area contributed by atoms with Crippen molar-refractivity contribution in [2.45, 2.75) is 130 Å². The van der Waals surface area contributed by atoms with Crippen molar-refractivity contribution >= 4 is 29.4 Å². The van der Waals surface area contributed by atoms with E-state index >= 15 is 0 Å². The Morgan fingerprint density at radius 2 is 0.893 bits per heavy atom. The number of esters is 2. The molecule has 3 N–H and O–H groups in total. The number of aromatic amines is 1. The van der Waals surface area contributed by atoms with Crippen LogP contribution in [0.3, 0.4) is 0 Å². The number of tetrazole rings is 1. The summed E-state index contributed by atoms with van der Waals surface area (Å²) in [6.07, 6.45) is 6.74. The predicted molar refractivity (Wildman–Crippen MR) is 286 cm³/mol. The molecule has 2 amide bonds. The van der Waals surface area contributed by atoms with Gasteiger partial charge in [-0.1, -0.05) is 114 Å². The molecular formula is C58H65N11O6. The topological polar surface area (TPSA) is 221 Å². The molecule has 7 aromatic rings. The fraction of sp³-hybridized carbons (Fsp3) is 0.345. The fourth-order valence-electron chi connectivity index (χ4n) is 7.31. The van der Waals surface area contributed by atoms with Gasteiger partial charge >= 0.3 is 11.9 Å². The van der Waals surface area contributed by atoms with Crippen LogP contribution in [0, 0.1) is 6.57 Å². The van der Waals surface area contributed by atoms with Crippen LogP contribution in [-0.2, 0) is 42.7 Å². The normalized spacial score (nSPS) is 12.5. The van der Waals surface area contributed by atoms with E-state index in [0.29, 0.717) is 39.9 Å². The number of aromatic nitrogens is 8. The molecule has 4 aromatic carbocycles. The van der Waals surface area contributed by atoms with Crippen LogP contribution < -0.4 is 10.6 Å². The molecule has 3 heterocycles. The second kappa shape index (κ2) is 23.6. The van der Waals surface area contributed by atoms with Crippen LogP contribution in [0.25, 0.3) is 39.0 Å². The van der Waals surface area contributed by atoms with E-state index in [-0.39, 0.29) is 35.5 Å². The lowest BCUT2D eigenvalue weighted by Crippen LogP contribution is -2.45. The molecule has 75 heavy (non-hydrogen) atoms. The first-order valence-corrected chi connectivity index (χ1v) is 24.5. The highest BCUT2D eigenvalue weighted by atomic mass is 16.6. The lowest BCUT2D eigenvalue weighted by molar-refractivity contribution is -0.158. The van der Waals surface area contributed by atoms with E-state index in [0.717, 1.165) is 33.4 Å². The Bertz CT molecular complexity index is 3070. The van der Waals surface area contributed by atoms with Crippen LogP contribution in [0.1, 0.15) is 126 Å². The highest BCUT2D eigenvalue weighted by Gasteiger charge is 2.29. The second-order valence-corrected chi connectivity index (χ2v) is 22.0. The van der Waals surface area contributed by atoms with Gasteiger partial charge in [-0.15, -0.1) is 10.2 Å². The number of carbonyl (C=O) groups excluding carboxylic acids is 4. The molecule has 0 spiro atoms. The third-order valence-corrected chi connectivity index (χ3v) is 11.3. The summed E-state index contributed by atoms with van der Waals surface area (Å²) in [7, 11) is 0. The van der Waals surface area contributed by atoms with Crippen molar-refractivity contribution in [3.8, 4) is 34.2 Å². The van der Waals surface area contributed by atoms with Gasteiger partial charge in [-0.25, -0.2) is 34.4 Å². The number of rotatable bonds is 13. The number of hydrogen-bond donors (Lipinski definition) is 3. The average Bonchev–Trinajstić information content (AvgIpc) is 3.91. The Morgan fingerprint density at radius 1 is 0.520 bits per heavy atom. The molecule has 0 aliphatic carbocycles. The van der Waals surface area contributed by atoms with Crippen LogP contribution >= 0.6 is 0 Å². The van der Waals surface area contributed by atoms with Crippen molar-refractivity contribution in [3.05, 3.63) is 167 Å². The summed E-state index contributed by atoms with van der Waals surface area (Å²) in [5.74, 6) is -0.211. The molecule has 0 bridgehead atoms. The lowest BCUT2D eigenvalue weighted by Gasteiger charge is -2.25. The Hall–Kier alpha value is -8.52. The third-order valence-electron chi connectivity index (χ3n) is 11.3. The maximum absolute atomic E-state index is 13.1. The van der Waals surface area contributed by atoms with Gasteiger partial charge in [-0.3, -0.25) is 9.59 Å². The van der Waals surface area contributed by atoms with Gasteiger partial charge in [0.15, 0.2) is 11.6 Å². The second-order valence-electron chi connectivity index (χ2n) is 22.0. The first kappa shape index (κ1) is 55.8. The molecule has 388 valence electrons. The highest BCUT2D eigenvalue weighted by molar-refractivity contribution is 5.97. The van der Waals surface area contributed by atoms with Crippen molar-refractivity contribution < 1.29 is 28.7 Å². The number of nitrogens with one attached hydrogen (secondary N) is 3. The summed E-state index contributed by atoms with van der Waals surface area (Å²) < 4.78 is 11.2. The quantitative estimate of drug-likeness (QED) is 0.0724. The number of nitrogens with zero attached hydrogens (tertiary/aromatic N) is 8. The molecule has 3 aromatic heterocycles. The standard InChI is InChI=1S/C29H33N7O3.C29H32N4O3/c1-28(2,3)22-13-11-20(12-14-22)26(37)32-23(27(38)39-29(4,5)6)15-18-7-9-19(10-8-18)24-30-16-21(17-31-24)25-33-35-36-34-25;1-28(2,3)22-14-12-21(13-15-22)26(34)33-24(27(35)36-29(4,5)6)16-19-8-10-20(11-9-19)25-31-17-23(30-7)18-32-25/h7-14,16-17,23H,15H2,1-6H3,(H,32,37)(H,33,34,35,36);8-15,17-18,24H,16H2,1-6H3,(H,33,34)/t23-;24-/m00/s1. The first-order valence-electron chi connectivity index (χ1n) is 24.5. The number of benzene rings is 4. The van der Waals surface area contributed by atoms with E-state index in [9.17, 15) is 19.2 Å². The van der Waals surface area contributed by atoms with E-state index in [1.165, 1.54) is 12.4 Å². The Labute approximate surface area is 438 Å². The monoisotopic (exact) mass is 1010 g/mol. The van der Waals surface area contributed by atoms with E-state index in [1.807, 2.05) is 72.8 Å². The minimum Gasteiger partial charge on any atom is -0.458 e. The maximum Gasteiger partial charge on any atom is 0.329 e. The minimum absolute atomic E-state index is 0.0236. The first-order chi connectivity index (χ1) is 35.2. The molecule has 0 unspecified atom stereocenters. The molecule has 17 heteroatoms. The molecule has 0 saturated carbocycles. The average molecular weight is 1010 g/mol. The number of amides is 2. The number of hydrogen-bond acceptors (Lipinski definition) is 13. The highest BCUT2D eigenvalue weighted by Crippen LogP contribution is 2.25. The molecule has 0 saturated heterocycles. The van der Waals surface area contributed by atoms with Gasteiger partial charge in [0.25, 0.3) is 11.8 Å². The number of carbonyl (C=O) groups is 4. The van der Waals surface area contributed by atoms with E-state index in [2.05, 4.69) is 97.6 Å².